The summed E-state index contributed by atoms with van der Waals surface area (Å²) in [4.78, 5) is 15.0. The number of nitrogens with zero attached hydrogens (tertiary/aromatic N) is 1. The van der Waals surface area contributed by atoms with Crippen molar-refractivity contribution in [3.05, 3.63) is 24.3 Å². The Balaban J connectivity index is 1.74. The molecule has 0 aliphatic carbocycles. The number of carbonyl (C=O) groups excluding carboxylic acids is 1. The second kappa shape index (κ2) is 10.5. The van der Waals surface area contributed by atoms with E-state index in [1.165, 1.54) is 32.4 Å². The molecule has 0 aromatic heterocycles. The molecule has 1 aromatic carbocycles. The maximum absolute atomic E-state index is 12.4. The lowest BCUT2D eigenvalue weighted by molar-refractivity contribution is -0.136. The number of hydrogen-bond donors (Lipinski definition) is 1. The first-order valence-corrected chi connectivity index (χ1v) is 9.89. The van der Waals surface area contributed by atoms with Gasteiger partial charge in [0.2, 0.25) is 0 Å². The van der Waals surface area contributed by atoms with Crippen LogP contribution in [0.25, 0.3) is 0 Å². The molecule has 0 bridgehead atoms. The fourth-order valence-electron chi connectivity index (χ4n) is 3.34. The lowest BCUT2D eigenvalue weighted by Gasteiger charge is -2.26. The highest BCUT2D eigenvalue weighted by Crippen LogP contribution is 2.21. The standard InChI is InChI=1S/C21H34N2O3/c1-4-13-21(2,25-3)20(24)22-18-9-11-19(12-10-18)26-17-8-16-23-14-6-5-7-15-23/h9-12H,4-8,13-17H2,1-3H3,(H,22,24). The van der Waals surface area contributed by atoms with Gasteiger partial charge < -0.3 is 19.7 Å². The van der Waals surface area contributed by atoms with Crippen LogP contribution >= 0.6 is 0 Å². The second-order valence-electron chi connectivity index (χ2n) is 7.27. The van der Waals surface area contributed by atoms with Gasteiger partial charge in [0.15, 0.2) is 0 Å². The van der Waals surface area contributed by atoms with E-state index in [0.29, 0.717) is 6.42 Å². The first-order chi connectivity index (χ1) is 12.6. The van der Waals surface area contributed by atoms with Crippen LogP contribution in [0.4, 0.5) is 5.69 Å². The molecule has 0 spiro atoms. The molecular weight excluding hydrogens is 328 g/mol. The van der Waals surface area contributed by atoms with Crippen molar-refractivity contribution in [2.24, 2.45) is 0 Å². The number of rotatable bonds is 10. The number of ether oxygens (including phenoxy) is 2. The Morgan fingerprint density at radius 3 is 2.50 bits per heavy atom. The minimum atomic E-state index is -0.793. The van der Waals surface area contributed by atoms with Crippen molar-refractivity contribution < 1.29 is 14.3 Å². The predicted molar refractivity (Wildman–Crippen MR) is 106 cm³/mol. The highest BCUT2D eigenvalue weighted by molar-refractivity contribution is 5.97. The summed E-state index contributed by atoms with van der Waals surface area (Å²) in [7, 11) is 1.58. The van der Waals surface area contributed by atoms with E-state index in [0.717, 1.165) is 37.4 Å². The summed E-state index contributed by atoms with van der Waals surface area (Å²) in [6.45, 7) is 8.16. The largest absolute Gasteiger partial charge is 0.494 e. The van der Waals surface area contributed by atoms with E-state index in [4.69, 9.17) is 9.47 Å². The summed E-state index contributed by atoms with van der Waals surface area (Å²) in [5.74, 6) is 0.724. The molecule has 1 unspecified atom stereocenters. The summed E-state index contributed by atoms with van der Waals surface area (Å²) >= 11 is 0. The van der Waals surface area contributed by atoms with Crippen LogP contribution in [-0.4, -0.2) is 49.8 Å². The number of anilines is 1. The van der Waals surface area contributed by atoms with Gasteiger partial charge in [0.25, 0.3) is 5.91 Å². The number of benzene rings is 1. The third-order valence-corrected chi connectivity index (χ3v) is 5.11. The van der Waals surface area contributed by atoms with Crippen LogP contribution in [-0.2, 0) is 9.53 Å². The van der Waals surface area contributed by atoms with Crippen LogP contribution in [0.5, 0.6) is 5.75 Å². The Hall–Kier alpha value is -1.59. The van der Waals surface area contributed by atoms with Gasteiger partial charge in [-0.25, -0.2) is 0 Å². The van der Waals surface area contributed by atoms with Gasteiger partial charge in [-0.15, -0.1) is 0 Å². The molecule has 1 aliphatic rings. The van der Waals surface area contributed by atoms with Crippen molar-refractivity contribution in [3.8, 4) is 5.75 Å². The van der Waals surface area contributed by atoms with Crippen molar-refractivity contribution in [3.63, 3.8) is 0 Å². The Kier molecular flexibility index (Phi) is 8.39. The van der Waals surface area contributed by atoms with Crippen LogP contribution in [0, 0.1) is 0 Å². The fraction of sp³-hybridized carbons (Fsp3) is 0.667. The third-order valence-electron chi connectivity index (χ3n) is 5.11. The van der Waals surface area contributed by atoms with Gasteiger partial charge in [-0.1, -0.05) is 19.8 Å². The lowest BCUT2D eigenvalue weighted by atomic mass is 9.99. The summed E-state index contributed by atoms with van der Waals surface area (Å²) in [5.41, 5.74) is -0.0340. The molecule has 5 heteroatoms. The van der Waals surface area contributed by atoms with Gasteiger partial charge in [-0.2, -0.15) is 0 Å². The minimum Gasteiger partial charge on any atom is -0.494 e. The molecule has 1 N–H and O–H groups in total. The summed E-state index contributed by atoms with van der Waals surface area (Å²) in [6, 6.07) is 7.56. The molecule has 1 saturated heterocycles. The molecule has 146 valence electrons. The van der Waals surface area contributed by atoms with E-state index in [1.54, 1.807) is 7.11 Å². The van der Waals surface area contributed by atoms with Crippen molar-refractivity contribution in [1.82, 2.24) is 4.90 Å². The molecule has 1 aromatic rings. The van der Waals surface area contributed by atoms with E-state index in [9.17, 15) is 4.79 Å². The van der Waals surface area contributed by atoms with E-state index in [1.807, 2.05) is 38.1 Å². The molecule has 1 heterocycles. The van der Waals surface area contributed by atoms with Gasteiger partial charge in [0, 0.05) is 19.3 Å². The number of likely N-dealkylation sites (tertiary alicyclic amines) is 1. The van der Waals surface area contributed by atoms with Gasteiger partial charge in [0.05, 0.1) is 6.61 Å². The van der Waals surface area contributed by atoms with Crippen LogP contribution in [0.3, 0.4) is 0 Å². The first kappa shape index (κ1) is 20.7. The highest BCUT2D eigenvalue weighted by Gasteiger charge is 2.32. The summed E-state index contributed by atoms with van der Waals surface area (Å²) in [6.07, 6.45) is 6.65. The monoisotopic (exact) mass is 362 g/mol. The maximum atomic E-state index is 12.4. The molecular formula is C21H34N2O3. The number of nitrogens with one attached hydrogen (secondary N) is 1. The van der Waals surface area contributed by atoms with Gasteiger partial charge in [0.1, 0.15) is 11.4 Å². The molecule has 1 aliphatic heterocycles. The number of amides is 1. The number of hydrogen-bond acceptors (Lipinski definition) is 4. The number of methoxy groups -OCH3 is 1. The number of piperidine rings is 1. The van der Waals surface area contributed by atoms with Crippen molar-refractivity contribution in [2.75, 3.05) is 38.7 Å². The quantitative estimate of drug-likeness (QED) is 0.637. The molecule has 1 fully saturated rings. The lowest BCUT2D eigenvalue weighted by Crippen LogP contribution is -2.41. The minimum absolute atomic E-state index is 0.114. The van der Waals surface area contributed by atoms with E-state index >= 15 is 0 Å². The molecule has 1 amide bonds. The first-order valence-electron chi connectivity index (χ1n) is 9.89. The van der Waals surface area contributed by atoms with Crippen LogP contribution in [0.15, 0.2) is 24.3 Å². The maximum Gasteiger partial charge on any atom is 0.256 e. The van der Waals surface area contributed by atoms with E-state index in [2.05, 4.69) is 10.2 Å². The average Bonchev–Trinajstić information content (AvgIpc) is 2.67. The second-order valence-corrected chi connectivity index (χ2v) is 7.27. The smallest absolute Gasteiger partial charge is 0.256 e. The molecule has 0 saturated carbocycles. The van der Waals surface area contributed by atoms with Crippen molar-refractivity contribution in [2.45, 2.75) is 58.0 Å². The molecule has 5 nitrogen and oxygen atoms in total. The Morgan fingerprint density at radius 2 is 1.88 bits per heavy atom. The van der Waals surface area contributed by atoms with Gasteiger partial charge in [-0.05, 0) is 70.0 Å². The average molecular weight is 363 g/mol. The fourth-order valence-corrected chi connectivity index (χ4v) is 3.34. The molecule has 2 rings (SSSR count). The number of carbonyl (C=O) groups is 1. The summed E-state index contributed by atoms with van der Waals surface area (Å²) in [5, 5.41) is 2.93. The van der Waals surface area contributed by atoms with Gasteiger partial charge in [-0.3, -0.25) is 4.79 Å². The zero-order valence-corrected chi connectivity index (χ0v) is 16.6. The Morgan fingerprint density at radius 1 is 1.19 bits per heavy atom. The topological polar surface area (TPSA) is 50.8 Å². The Bertz CT molecular complexity index is 541. The van der Waals surface area contributed by atoms with Crippen LogP contribution in [0.1, 0.15) is 52.4 Å². The Labute approximate surface area is 158 Å². The third kappa shape index (κ3) is 6.29. The zero-order chi connectivity index (χ0) is 18.8. The predicted octanol–water partition coefficient (Wildman–Crippen LogP) is 4.09. The SMILES string of the molecule is CCCC(C)(OC)C(=O)Nc1ccc(OCCCN2CCCCC2)cc1. The molecule has 26 heavy (non-hydrogen) atoms. The van der Waals surface area contributed by atoms with E-state index < -0.39 is 5.60 Å². The van der Waals surface area contributed by atoms with Crippen molar-refractivity contribution >= 4 is 11.6 Å². The van der Waals surface area contributed by atoms with Gasteiger partial charge >= 0.3 is 0 Å². The van der Waals surface area contributed by atoms with Crippen molar-refractivity contribution in [1.29, 1.82) is 0 Å². The van der Waals surface area contributed by atoms with E-state index in [-0.39, 0.29) is 5.91 Å². The van der Waals surface area contributed by atoms with Crippen LogP contribution in [0.2, 0.25) is 0 Å². The normalized spacial score (nSPS) is 17.5. The van der Waals surface area contributed by atoms with Crippen LogP contribution < -0.4 is 10.1 Å². The summed E-state index contributed by atoms with van der Waals surface area (Å²) < 4.78 is 11.2. The molecule has 0 radical (unpaired) electrons. The zero-order valence-electron chi connectivity index (χ0n) is 16.6. The highest BCUT2D eigenvalue weighted by atomic mass is 16.5. The molecule has 1 atom stereocenters.